The predicted molar refractivity (Wildman–Crippen MR) is 266 cm³/mol. The largest absolute Gasteiger partial charge is 0.508 e. The van der Waals surface area contributed by atoms with Crippen molar-refractivity contribution in [2.24, 2.45) is 10.2 Å². The van der Waals surface area contributed by atoms with Gasteiger partial charge in [-0.25, -0.2) is 0 Å². The Morgan fingerprint density at radius 2 is 1.27 bits per heavy atom. The van der Waals surface area contributed by atoms with Gasteiger partial charge in [-0.3, -0.25) is 24.4 Å². The molecule has 5 aromatic rings. The maximum Gasteiger partial charge on any atom is 0.317 e. The van der Waals surface area contributed by atoms with Gasteiger partial charge in [0.15, 0.2) is 0 Å². The highest BCUT2D eigenvalue weighted by molar-refractivity contribution is 7.10. The molecular formula is C49H64N10O5S2. The molecule has 352 valence electrons. The number of ether oxygens (including phenoxy) is 1. The Labute approximate surface area is 396 Å². The average Bonchev–Trinajstić information content (AvgIpc) is 4.07. The summed E-state index contributed by atoms with van der Waals surface area (Å²) in [6, 6.07) is 25.7. The smallest absolute Gasteiger partial charge is 0.317 e. The van der Waals surface area contributed by atoms with Crippen LogP contribution in [0.25, 0.3) is 20.9 Å². The fraction of sp³-hybridized carbons (Fsp3) is 0.449. The molecule has 0 aliphatic heterocycles. The third-order valence-corrected chi connectivity index (χ3v) is 13.2. The number of benzene rings is 2. The standard InChI is InChI=1S/C21H26N4O2S.C19H25NOS.C7H10N2.C2H3N3O2/c1-2-11-25(12-10-18-6-4-13-28-18)17-8-9-19-16(14-17)5-3-7-20(19)27-21(26)15-23-24-22;1-2-11-20(12-10-17-6-4-13-22-17)16-8-9-18-15(14-16)5-3-7-19(18)21;1-9(2)7-3-5-8-6-4-7;3-5-4-1-2(6)7/h3-7,13,17H,2,8-12,14-15H2,1H3;3-7,13,16,21H,2,8-12,14H2,1H3;3-6H,1-2H3;1H2,(H,6,7)/t17-;16-;;/m11../s1. The second-order valence-corrected chi connectivity index (χ2v) is 18.1. The Morgan fingerprint density at radius 3 is 1.74 bits per heavy atom. The summed E-state index contributed by atoms with van der Waals surface area (Å²) in [6.07, 6.45) is 14.3. The first kappa shape index (κ1) is 52.7. The van der Waals surface area contributed by atoms with E-state index in [0.29, 0.717) is 23.6 Å². The van der Waals surface area contributed by atoms with Gasteiger partial charge in [0.1, 0.15) is 24.6 Å². The number of carboxylic acids is 1. The number of rotatable bonds is 18. The summed E-state index contributed by atoms with van der Waals surface area (Å²) in [6.45, 7) is 8.24. The summed E-state index contributed by atoms with van der Waals surface area (Å²) in [5.41, 5.74) is 21.9. The Kier molecular flexibility index (Phi) is 23.6. The van der Waals surface area contributed by atoms with E-state index in [2.05, 4.69) is 95.8 Å². The molecule has 2 N–H and O–H groups in total. The van der Waals surface area contributed by atoms with Crippen molar-refractivity contribution < 1.29 is 24.5 Å². The van der Waals surface area contributed by atoms with E-state index in [-0.39, 0.29) is 6.54 Å². The minimum absolute atomic E-state index is 0.282. The zero-order valence-corrected chi connectivity index (χ0v) is 40.2. The van der Waals surface area contributed by atoms with Crippen LogP contribution in [-0.2, 0) is 48.1 Å². The van der Waals surface area contributed by atoms with Crippen molar-refractivity contribution >= 4 is 40.3 Å². The summed E-state index contributed by atoms with van der Waals surface area (Å²) < 4.78 is 5.44. The number of nitrogens with zero attached hydrogens (tertiary/aromatic N) is 10. The van der Waals surface area contributed by atoms with Crippen molar-refractivity contribution in [2.75, 3.05) is 58.3 Å². The van der Waals surface area contributed by atoms with E-state index in [1.54, 1.807) is 12.4 Å². The molecule has 0 saturated heterocycles. The summed E-state index contributed by atoms with van der Waals surface area (Å²) in [7, 11) is 4.02. The maximum atomic E-state index is 11.8. The number of aromatic hydroxyl groups is 1. The van der Waals surface area contributed by atoms with Gasteiger partial charge in [0, 0.05) is 76.9 Å². The number of aliphatic carboxylic acids is 1. The first-order chi connectivity index (χ1) is 32.1. The normalized spacial score (nSPS) is 14.5. The number of hydrogen-bond donors (Lipinski definition) is 2. The van der Waals surface area contributed by atoms with Crippen LogP contribution < -0.4 is 9.64 Å². The van der Waals surface area contributed by atoms with Crippen LogP contribution in [0.1, 0.15) is 71.5 Å². The van der Waals surface area contributed by atoms with Crippen LogP contribution in [0.3, 0.4) is 0 Å². The monoisotopic (exact) mass is 936 g/mol. The van der Waals surface area contributed by atoms with E-state index < -0.39 is 18.5 Å². The topological polar surface area (TPSA) is 204 Å². The second-order valence-electron chi connectivity index (χ2n) is 16.1. The number of anilines is 1. The van der Waals surface area contributed by atoms with Crippen molar-refractivity contribution in [3.63, 3.8) is 0 Å². The lowest BCUT2D eigenvalue weighted by molar-refractivity contribution is -0.135. The Morgan fingerprint density at radius 1 is 0.742 bits per heavy atom. The number of thiophene rings is 2. The minimum Gasteiger partial charge on any atom is -0.508 e. The zero-order valence-electron chi connectivity index (χ0n) is 38.6. The number of esters is 1. The molecule has 0 bridgehead atoms. The number of carbonyl (C=O) groups is 2. The molecule has 7 rings (SSSR count). The molecule has 0 unspecified atom stereocenters. The molecule has 2 aliphatic carbocycles. The molecule has 0 fully saturated rings. The Hall–Kier alpha value is -5.93. The van der Waals surface area contributed by atoms with Crippen LogP contribution in [0, 0.1) is 0 Å². The van der Waals surface area contributed by atoms with Gasteiger partial charge >= 0.3 is 11.9 Å². The number of phenols is 1. The van der Waals surface area contributed by atoms with Gasteiger partial charge in [-0.2, -0.15) is 0 Å². The molecular weight excluding hydrogens is 873 g/mol. The first-order valence-electron chi connectivity index (χ1n) is 22.5. The molecule has 0 radical (unpaired) electrons. The molecule has 3 aromatic heterocycles. The van der Waals surface area contributed by atoms with Crippen molar-refractivity contribution in [3.05, 3.63) is 149 Å². The fourth-order valence-corrected chi connectivity index (χ4v) is 9.56. The highest BCUT2D eigenvalue weighted by Crippen LogP contribution is 2.33. The number of azide groups is 2. The molecule has 2 atom stereocenters. The van der Waals surface area contributed by atoms with Gasteiger partial charge in [-0.15, -0.1) is 22.7 Å². The van der Waals surface area contributed by atoms with Crippen molar-refractivity contribution in [1.29, 1.82) is 0 Å². The first-order valence-corrected chi connectivity index (χ1v) is 24.3. The molecule has 66 heavy (non-hydrogen) atoms. The molecule has 17 heteroatoms. The highest BCUT2D eigenvalue weighted by Gasteiger charge is 2.27. The van der Waals surface area contributed by atoms with Gasteiger partial charge < -0.3 is 19.8 Å². The number of hydrogen-bond acceptors (Lipinski definition) is 12. The average molecular weight is 937 g/mol. The number of carboxylic acid groups (broad SMARTS) is 1. The third-order valence-electron chi connectivity index (χ3n) is 11.3. The van der Waals surface area contributed by atoms with Crippen LogP contribution in [0.15, 0.2) is 106 Å². The number of pyridine rings is 1. The van der Waals surface area contributed by atoms with Crippen molar-refractivity contribution in [3.8, 4) is 11.5 Å². The molecule has 0 saturated carbocycles. The van der Waals surface area contributed by atoms with Crippen LogP contribution >= 0.6 is 22.7 Å². The van der Waals surface area contributed by atoms with Gasteiger partial charge in [0.2, 0.25) is 0 Å². The lowest BCUT2D eigenvalue weighted by Gasteiger charge is -2.35. The predicted octanol–water partition coefficient (Wildman–Crippen LogP) is 10.6. The lowest BCUT2D eigenvalue weighted by Crippen LogP contribution is -2.41. The van der Waals surface area contributed by atoms with E-state index in [9.17, 15) is 14.7 Å². The summed E-state index contributed by atoms with van der Waals surface area (Å²) in [4.78, 5) is 40.3. The van der Waals surface area contributed by atoms with Gasteiger partial charge in [-0.05, 0) is 158 Å². The van der Waals surface area contributed by atoms with Gasteiger partial charge in [-0.1, -0.05) is 60.5 Å². The lowest BCUT2D eigenvalue weighted by atomic mass is 9.86. The fourth-order valence-electron chi connectivity index (χ4n) is 8.16. The van der Waals surface area contributed by atoms with Crippen molar-refractivity contribution in [2.45, 2.75) is 90.1 Å². The molecule has 15 nitrogen and oxygen atoms in total. The summed E-state index contributed by atoms with van der Waals surface area (Å²) >= 11 is 3.69. The van der Waals surface area contributed by atoms with Crippen LogP contribution in [0.2, 0.25) is 0 Å². The van der Waals surface area contributed by atoms with Crippen LogP contribution in [-0.4, -0.2) is 102 Å². The number of aromatic nitrogens is 1. The highest BCUT2D eigenvalue weighted by atomic mass is 32.1. The third kappa shape index (κ3) is 18.2. The number of phenolic OH excluding ortho intramolecular Hbond substituents is 1. The van der Waals surface area contributed by atoms with E-state index in [4.69, 9.17) is 20.9 Å². The van der Waals surface area contributed by atoms with E-state index >= 15 is 0 Å². The molecule has 2 aromatic carbocycles. The molecule has 0 amide bonds. The summed E-state index contributed by atoms with van der Waals surface area (Å²) in [5, 5.41) is 28.1. The number of carbonyl (C=O) groups excluding carboxylic acids is 1. The second kappa shape index (κ2) is 29.6. The van der Waals surface area contributed by atoms with E-state index in [1.807, 2.05) is 78.1 Å². The number of fused-ring (bicyclic) bond motifs is 2. The van der Waals surface area contributed by atoms with Gasteiger partial charge in [0.25, 0.3) is 0 Å². The van der Waals surface area contributed by atoms with Crippen LogP contribution in [0.5, 0.6) is 11.5 Å². The maximum absolute atomic E-state index is 11.8. The van der Waals surface area contributed by atoms with E-state index in [0.717, 1.165) is 83.0 Å². The van der Waals surface area contributed by atoms with Gasteiger partial charge in [0.05, 0.1) is 0 Å². The SMILES string of the molecule is CCCN(CCc1cccs1)[C@@H]1CCc2c(O)cccc2C1.CCCN(CCc1cccs1)[C@@H]1CCc2c(cccc2OC(=O)CN=[N+]=[N-])C1.CN(C)c1ccncc1.[N-]=[N+]=NCC(=O)O. The Balaban J connectivity index is 0.000000220. The molecule has 3 heterocycles. The molecule has 2 aliphatic rings. The van der Waals surface area contributed by atoms with E-state index in [1.165, 1.54) is 45.1 Å². The zero-order chi connectivity index (χ0) is 47.5. The quantitative estimate of drug-likeness (QED) is 0.0282. The Bertz CT molecular complexity index is 2280. The molecule has 0 spiro atoms. The van der Waals surface area contributed by atoms with Crippen molar-refractivity contribution in [1.82, 2.24) is 14.8 Å². The van der Waals surface area contributed by atoms with Crippen LogP contribution in [0.4, 0.5) is 5.69 Å². The minimum atomic E-state index is -1.11. The summed E-state index contributed by atoms with van der Waals surface area (Å²) in [5.74, 6) is -0.541.